The van der Waals surface area contributed by atoms with Crippen molar-refractivity contribution < 1.29 is 9.90 Å². The number of rotatable bonds is 6. The minimum absolute atomic E-state index is 0.160. The normalized spacial score (nSPS) is 16.9. The molecule has 1 fully saturated rings. The second kappa shape index (κ2) is 6.73. The summed E-state index contributed by atoms with van der Waals surface area (Å²) in [7, 11) is 1.97. The first kappa shape index (κ1) is 15.4. The summed E-state index contributed by atoms with van der Waals surface area (Å²) in [5, 5.41) is 11.2. The highest BCUT2D eigenvalue weighted by molar-refractivity contribution is 7.18. The molecule has 1 aliphatic rings. The standard InChI is InChI=1S/C16H21N3O2S/c1-18(9-12(20)10-19-8-4-7-16(19)21)11-15-17-13-5-2-3-6-14(13)22-15/h2-3,5-6,12,20H,4,7-11H2,1H3. The largest absolute Gasteiger partial charge is 0.390 e. The van der Waals surface area contributed by atoms with Crippen molar-refractivity contribution in [2.24, 2.45) is 0 Å². The second-order valence-electron chi connectivity index (χ2n) is 5.87. The van der Waals surface area contributed by atoms with E-state index in [1.165, 1.54) is 4.70 Å². The van der Waals surface area contributed by atoms with Gasteiger partial charge in [-0.1, -0.05) is 12.1 Å². The van der Waals surface area contributed by atoms with E-state index in [9.17, 15) is 9.90 Å². The maximum Gasteiger partial charge on any atom is 0.222 e. The van der Waals surface area contributed by atoms with Crippen molar-refractivity contribution in [2.75, 3.05) is 26.7 Å². The smallest absolute Gasteiger partial charge is 0.222 e. The zero-order valence-corrected chi connectivity index (χ0v) is 13.6. The number of aliphatic hydroxyl groups is 1. The third-order valence-electron chi connectivity index (χ3n) is 3.87. The number of likely N-dealkylation sites (N-methyl/N-ethyl adjacent to an activating group) is 1. The molecule has 6 heteroatoms. The van der Waals surface area contributed by atoms with Crippen LogP contribution in [0.1, 0.15) is 17.8 Å². The van der Waals surface area contributed by atoms with E-state index in [1.807, 2.05) is 25.2 Å². The van der Waals surface area contributed by atoms with Crippen LogP contribution in [-0.2, 0) is 11.3 Å². The summed E-state index contributed by atoms with van der Waals surface area (Å²) in [5.41, 5.74) is 1.03. The Labute approximate surface area is 134 Å². The summed E-state index contributed by atoms with van der Waals surface area (Å²) in [6.07, 6.45) is 1.02. The third kappa shape index (κ3) is 3.63. The molecule has 5 nitrogen and oxygen atoms in total. The fourth-order valence-corrected chi connectivity index (χ4v) is 3.90. The van der Waals surface area contributed by atoms with Gasteiger partial charge in [0.1, 0.15) is 5.01 Å². The topological polar surface area (TPSA) is 56.7 Å². The predicted octanol–water partition coefficient (Wildman–Crippen LogP) is 1.71. The van der Waals surface area contributed by atoms with Gasteiger partial charge in [0.25, 0.3) is 0 Å². The van der Waals surface area contributed by atoms with E-state index in [4.69, 9.17) is 0 Å². The van der Waals surface area contributed by atoms with Crippen LogP contribution in [0.15, 0.2) is 24.3 Å². The van der Waals surface area contributed by atoms with Gasteiger partial charge in [-0.25, -0.2) is 4.98 Å². The first-order valence-corrected chi connectivity index (χ1v) is 8.42. The molecule has 118 valence electrons. The summed E-state index contributed by atoms with van der Waals surface area (Å²) in [5.74, 6) is 0.160. The molecule has 1 atom stereocenters. The Balaban J connectivity index is 1.53. The molecular formula is C16H21N3O2S. The summed E-state index contributed by atoms with van der Waals surface area (Å²) >= 11 is 1.69. The molecule has 3 rings (SSSR count). The number of para-hydroxylation sites is 1. The molecule has 1 saturated heterocycles. The van der Waals surface area contributed by atoms with Gasteiger partial charge in [-0.2, -0.15) is 0 Å². The molecule has 0 radical (unpaired) electrons. The van der Waals surface area contributed by atoms with E-state index in [-0.39, 0.29) is 5.91 Å². The van der Waals surface area contributed by atoms with Crippen LogP contribution in [0.4, 0.5) is 0 Å². The Morgan fingerprint density at radius 2 is 2.27 bits per heavy atom. The van der Waals surface area contributed by atoms with E-state index >= 15 is 0 Å². The van der Waals surface area contributed by atoms with Gasteiger partial charge in [-0.15, -0.1) is 11.3 Å². The van der Waals surface area contributed by atoms with Crippen molar-refractivity contribution in [3.8, 4) is 0 Å². The number of aliphatic hydroxyl groups excluding tert-OH is 1. The highest BCUT2D eigenvalue weighted by Crippen LogP contribution is 2.22. The van der Waals surface area contributed by atoms with Crippen molar-refractivity contribution in [1.29, 1.82) is 0 Å². The molecule has 2 aromatic rings. The highest BCUT2D eigenvalue weighted by Gasteiger charge is 2.23. The molecule has 2 heterocycles. The van der Waals surface area contributed by atoms with Crippen molar-refractivity contribution in [2.45, 2.75) is 25.5 Å². The lowest BCUT2D eigenvalue weighted by atomic mass is 10.3. The van der Waals surface area contributed by atoms with Crippen LogP contribution in [0.25, 0.3) is 10.2 Å². The van der Waals surface area contributed by atoms with E-state index in [0.717, 1.165) is 23.5 Å². The number of hydrogen-bond acceptors (Lipinski definition) is 5. The van der Waals surface area contributed by atoms with Crippen LogP contribution < -0.4 is 0 Å². The van der Waals surface area contributed by atoms with E-state index < -0.39 is 6.10 Å². The van der Waals surface area contributed by atoms with Crippen LogP contribution in [0.2, 0.25) is 0 Å². The lowest BCUT2D eigenvalue weighted by Gasteiger charge is -2.23. The Kier molecular flexibility index (Phi) is 4.71. The van der Waals surface area contributed by atoms with Crippen molar-refractivity contribution in [3.05, 3.63) is 29.3 Å². The van der Waals surface area contributed by atoms with Crippen LogP contribution in [0, 0.1) is 0 Å². The Morgan fingerprint density at radius 3 is 3.00 bits per heavy atom. The monoisotopic (exact) mass is 319 g/mol. The van der Waals surface area contributed by atoms with Gasteiger partial charge in [-0.3, -0.25) is 9.69 Å². The molecule has 1 aromatic carbocycles. The minimum Gasteiger partial charge on any atom is -0.390 e. The van der Waals surface area contributed by atoms with Gasteiger partial charge in [0.15, 0.2) is 0 Å². The zero-order chi connectivity index (χ0) is 15.5. The second-order valence-corrected chi connectivity index (χ2v) is 6.98. The Bertz CT molecular complexity index is 625. The van der Waals surface area contributed by atoms with Gasteiger partial charge < -0.3 is 10.0 Å². The molecule has 22 heavy (non-hydrogen) atoms. The number of fused-ring (bicyclic) bond motifs is 1. The van der Waals surface area contributed by atoms with Gasteiger partial charge in [0, 0.05) is 26.1 Å². The highest BCUT2D eigenvalue weighted by atomic mass is 32.1. The molecule has 0 saturated carbocycles. The van der Waals surface area contributed by atoms with Gasteiger partial charge in [-0.05, 0) is 25.6 Å². The SMILES string of the molecule is CN(Cc1nc2ccccc2s1)CC(O)CN1CCCC1=O. The van der Waals surface area contributed by atoms with Crippen LogP contribution in [-0.4, -0.2) is 58.6 Å². The number of hydrogen-bond donors (Lipinski definition) is 1. The molecule has 1 aromatic heterocycles. The predicted molar refractivity (Wildman–Crippen MR) is 87.8 cm³/mol. The molecular weight excluding hydrogens is 298 g/mol. The summed E-state index contributed by atoms with van der Waals surface area (Å²) in [6, 6.07) is 8.10. The summed E-state index contributed by atoms with van der Waals surface area (Å²) in [6.45, 7) is 2.46. The molecule has 1 unspecified atom stereocenters. The number of nitrogens with zero attached hydrogens (tertiary/aromatic N) is 3. The van der Waals surface area contributed by atoms with Crippen molar-refractivity contribution in [1.82, 2.24) is 14.8 Å². The molecule has 0 bridgehead atoms. The maximum absolute atomic E-state index is 11.6. The molecule has 0 spiro atoms. The lowest BCUT2D eigenvalue weighted by molar-refractivity contribution is -0.129. The number of carbonyl (C=O) groups excluding carboxylic acids is 1. The molecule has 0 aliphatic carbocycles. The number of benzene rings is 1. The fraction of sp³-hybridized carbons (Fsp3) is 0.500. The lowest BCUT2D eigenvalue weighted by Crippen LogP contribution is -2.39. The van der Waals surface area contributed by atoms with Gasteiger partial charge >= 0.3 is 0 Å². The Hall–Kier alpha value is -1.50. The van der Waals surface area contributed by atoms with E-state index in [1.54, 1.807) is 16.2 Å². The number of aromatic nitrogens is 1. The fourth-order valence-electron chi connectivity index (χ4n) is 2.85. The number of β-amino-alcohol motifs (C(OH)–C–C–N with tert-alkyl or cyclic N) is 1. The summed E-state index contributed by atoms with van der Waals surface area (Å²) < 4.78 is 1.19. The zero-order valence-electron chi connectivity index (χ0n) is 12.7. The van der Waals surface area contributed by atoms with Crippen LogP contribution in [0.3, 0.4) is 0 Å². The minimum atomic E-state index is -0.513. The number of thiazole rings is 1. The average Bonchev–Trinajstić information content (AvgIpc) is 3.04. The molecule has 1 N–H and O–H groups in total. The Morgan fingerprint density at radius 1 is 1.45 bits per heavy atom. The van der Waals surface area contributed by atoms with E-state index in [2.05, 4.69) is 16.0 Å². The van der Waals surface area contributed by atoms with E-state index in [0.29, 0.717) is 26.1 Å². The third-order valence-corrected chi connectivity index (χ3v) is 4.89. The quantitative estimate of drug-likeness (QED) is 0.881. The van der Waals surface area contributed by atoms with Crippen LogP contribution >= 0.6 is 11.3 Å². The van der Waals surface area contributed by atoms with Crippen LogP contribution in [0.5, 0.6) is 0 Å². The summed E-state index contributed by atoms with van der Waals surface area (Å²) in [4.78, 5) is 20.0. The number of carbonyl (C=O) groups is 1. The first-order chi connectivity index (χ1) is 10.6. The van der Waals surface area contributed by atoms with Crippen molar-refractivity contribution >= 4 is 27.5 Å². The molecule has 1 amide bonds. The van der Waals surface area contributed by atoms with Gasteiger partial charge in [0.05, 0.1) is 22.9 Å². The average molecular weight is 319 g/mol. The maximum atomic E-state index is 11.6. The number of likely N-dealkylation sites (tertiary alicyclic amines) is 1. The van der Waals surface area contributed by atoms with Gasteiger partial charge in [0.2, 0.25) is 5.91 Å². The first-order valence-electron chi connectivity index (χ1n) is 7.60. The molecule has 1 aliphatic heterocycles. The number of amides is 1. The van der Waals surface area contributed by atoms with Crippen molar-refractivity contribution in [3.63, 3.8) is 0 Å².